The van der Waals surface area contributed by atoms with E-state index in [0.29, 0.717) is 0 Å². The molecule has 0 aliphatic heterocycles. The van der Waals surface area contributed by atoms with Crippen LogP contribution >= 0.6 is 0 Å². The van der Waals surface area contributed by atoms with Crippen LogP contribution in [-0.4, -0.2) is 104 Å². The Morgan fingerprint density at radius 3 is 0.250 bits per heavy atom. The Bertz CT molecular complexity index is 17.5. The van der Waals surface area contributed by atoms with Crippen molar-refractivity contribution in [2.45, 2.75) is 0 Å². The molecule has 64 valence electrons. The average Bonchev–Trinajstić information content (AvgIpc) is 0. The molecular formula is H18Al6Ti2V4. The van der Waals surface area contributed by atoms with E-state index in [2.05, 4.69) is 0 Å². The van der Waals surface area contributed by atoms with Crippen LogP contribution in [0.25, 0.3) is 0 Å². The minimum atomic E-state index is 0. The fourth-order valence-electron chi connectivity index (χ4n) is 0. The van der Waals surface area contributed by atoms with Crippen molar-refractivity contribution in [1.82, 2.24) is 0 Å². The van der Waals surface area contributed by atoms with Crippen molar-refractivity contribution in [3.8, 4) is 0 Å². The van der Waals surface area contributed by atoms with Crippen molar-refractivity contribution >= 4 is 104 Å². The van der Waals surface area contributed by atoms with Gasteiger partial charge < -0.3 is 0 Å². The summed E-state index contributed by atoms with van der Waals surface area (Å²) in [4.78, 5) is 0. The second-order valence-electron chi connectivity index (χ2n) is 0. The van der Waals surface area contributed by atoms with Gasteiger partial charge in [-0.05, 0) is 0 Å². The Hall–Kier alpha value is 6.96. The Morgan fingerprint density at radius 2 is 0.250 bits per heavy atom. The minimum absolute atomic E-state index is 0. The van der Waals surface area contributed by atoms with E-state index in [4.69, 9.17) is 0 Å². The van der Waals surface area contributed by atoms with Crippen molar-refractivity contribution in [2.24, 2.45) is 0 Å². The van der Waals surface area contributed by atoms with Crippen LogP contribution in [-0.2, 0) is 118 Å². The molecule has 0 bridgehead atoms. The van der Waals surface area contributed by atoms with Crippen molar-refractivity contribution in [2.75, 3.05) is 0 Å². The molecule has 0 saturated carbocycles. The predicted molar refractivity (Wildman–Crippen MR) is 59.6 cm³/mol. The molecule has 0 amide bonds. The summed E-state index contributed by atoms with van der Waals surface area (Å²) in [5.74, 6) is 0. The minimum Gasteiger partial charge on any atom is 0 e. The molecule has 0 unspecified atom stereocenters. The van der Waals surface area contributed by atoms with E-state index < -0.39 is 0 Å². The molecule has 12 heteroatoms. The molecule has 0 saturated heterocycles. The van der Waals surface area contributed by atoms with Gasteiger partial charge in [-0.15, -0.1) is 0 Å². The van der Waals surface area contributed by atoms with Crippen molar-refractivity contribution in [3.63, 3.8) is 0 Å². The molecule has 12 heavy (non-hydrogen) atoms. The first-order chi connectivity index (χ1) is 0. The molecule has 0 aromatic rings. The van der Waals surface area contributed by atoms with Gasteiger partial charge in [0.15, 0.2) is 104 Å². The summed E-state index contributed by atoms with van der Waals surface area (Å²) in [7, 11) is 0. The first kappa shape index (κ1) is 126. The van der Waals surface area contributed by atoms with Crippen LogP contribution < -0.4 is 0 Å². The average molecular weight is 480 g/mol. The van der Waals surface area contributed by atoms with E-state index in [1.165, 1.54) is 0 Å². The smallest absolute Gasteiger partial charge is 0 e. The van der Waals surface area contributed by atoms with E-state index in [9.17, 15) is 0 Å². The standard InChI is InChI=1S/6Al.2Ti.4V.18H. The number of hydrogen-bond acceptors (Lipinski definition) is 0. The zero-order valence-electron chi connectivity index (χ0n) is 2.79. The van der Waals surface area contributed by atoms with Gasteiger partial charge in [-0.2, -0.15) is 0 Å². The summed E-state index contributed by atoms with van der Waals surface area (Å²) < 4.78 is 0. The third-order valence-electron chi connectivity index (χ3n) is 0. The Labute approximate surface area is 217 Å². The molecule has 0 aliphatic rings. The van der Waals surface area contributed by atoms with Crippen LogP contribution in [0.4, 0.5) is 0 Å². The van der Waals surface area contributed by atoms with Gasteiger partial charge in [-0.1, -0.05) is 0 Å². The zero-order valence-corrected chi connectivity index (χ0v) is 11.5. The largest absolute Gasteiger partial charge is 0.187 e. The van der Waals surface area contributed by atoms with E-state index in [0.717, 1.165) is 0 Å². The van der Waals surface area contributed by atoms with Gasteiger partial charge in [0, 0.05) is 118 Å². The maximum Gasteiger partial charge on any atom is 0.187 e. The summed E-state index contributed by atoms with van der Waals surface area (Å²) in [6.45, 7) is 0. The summed E-state index contributed by atoms with van der Waals surface area (Å²) in [5.41, 5.74) is 0. The summed E-state index contributed by atoms with van der Waals surface area (Å²) in [6, 6.07) is 0. The van der Waals surface area contributed by atoms with Crippen molar-refractivity contribution in [1.29, 1.82) is 0 Å². The predicted octanol–water partition coefficient (Wildman–Crippen LogP) is -7.12. The monoisotopic (exact) mass is 480 g/mol. The van der Waals surface area contributed by atoms with Gasteiger partial charge in [0.25, 0.3) is 0 Å². The molecule has 0 rings (SSSR count). The van der Waals surface area contributed by atoms with Crippen LogP contribution in [0.2, 0.25) is 0 Å². The quantitative estimate of drug-likeness (QED) is 0.303. The molecule has 0 atom stereocenters. The van der Waals surface area contributed by atoms with Crippen LogP contribution in [0.15, 0.2) is 0 Å². The van der Waals surface area contributed by atoms with E-state index >= 15 is 0 Å². The number of hydrogen-bond donors (Lipinski definition) is 0. The van der Waals surface area contributed by atoms with Crippen LogP contribution in [0.1, 0.15) is 0 Å². The first-order valence-corrected chi connectivity index (χ1v) is 0. The summed E-state index contributed by atoms with van der Waals surface area (Å²) in [6.07, 6.45) is 0. The van der Waals surface area contributed by atoms with Crippen LogP contribution in [0.5, 0.6) is 0 Å². The second kappa shape index (κ2) is 107. The molecular weight excluding hydrogens is 461 g/mol. The molecule has 0 N–H and O–H groups in total. The van der Waals surface area contributed by atoms with Gasteiger partial charge in [-0.3, -0.25) is 0 Å². The fraction of sp³-hybridized carbons (Fsp3) is 0. The van der Waals surface area contributed by atoms with E-state index in [1.807, 2.05) is 0 Å². The Kier molecular flexibility index (Phi) is 1120. The summed E-state index contributed by atoms with van der Waals surface area (Å²) in [5, 5.41) is 0. The molecule has 0 nitrogen and oxygen atoms in total. The summed E-state index contributed by atoms with van der Waals surface area (Å²) >= 11 is 0. The SMILES string of the molecule is [AlH3].[AlH3].[AlH3].[AlH3].[AlH3].[AlH3].[Ti].[Ti].[V].[V].[V].[V]. The van der Waals surface area contributed by atoms with Gasteiger partial charge in [0.05, 0.1) is 0 Å². The van der Waals surface area contributed by atoms with Crippen molar-refractivity contribution < 1.29 is 118 Å². The molecule has 0 spiro atoms. The Balaban J connectivity index is 0. The molecule has 0 aromatic heterocycles. The fourth-order valence-corrected chi connectivity index (χ4v) is 0. The topological polar surface area (TPSA) is 0 Å². The van der Waals surface area contributed by atoms with Gasteiger partial charge >= 0.3 is 0 Å². The molecule has 0 aliphatic carbocycles. The Morgan fingerprint density at radius 1 is 0.250 bits per heavy atom. The molecule has 0 aromatic carbocycles. The normalized spacial score (nSPS) is 0. The van der Waals surface area contributed by atoms with E-state index in [1.54, 1.807) is 0 Å². The van der Waals surface area contributed by atoms with Gasteiger partial charge in [0.2, 0.25) is 0 Å². The van der Waals surface area contributed by atoms with Crippen molar-refractivity contribution in [3.05, 3.63) is 0 Å². The number of rotatable bonds is 0. The first-order valence-electron chi connectivity index (χ1n) is 0. The molecule has 4 radical (unpaired) electrons. The maximum atomic E-state index is 0. The second-order valence-corrected chi connectivity index (χ2v) is 0. The van der Waals surface area contributed by atoms with E-state index in [-0.39, 0.29) is 222 Å². The van der Waals surface area contributed by atoms with Crippen LogP contribution in [0, 0.1) is 0 Å². The third kappa shape index (κ3) is 89.2. The third-order valence-corrected chi connectivity index (χ3v) is 0. The van der Waals surface area contributed by atoms with Crippen LogP contribution in [0.3, 0.4) is 0 Å². The van der Waals surface area contributed by atoms with Gasteiger partial charge in [-0.25, -0.2) is 0 Å². The zero-order chi connectivity index (χ0) is 0. The van der Waals surface area contributed by atoms with Gasteiger partial charge in [0.1, 0.15) is 0 Å². The molecule has 0 heterocycles. The molecule has 0 fully saturated rings. The maximum absolute atomic E-state index is 0.